The van der Waals surface area contributed by atoms with Gasteiger partial charge in [0.25, 0.3) is 0 Å². The average Bonchev–Trinajstić information content (AvgIpc) is 2.30. The molecule has 0 aromatic heterocycles. The van der Waals surface area contributed by atoms with Gasteiger partial charge in [0, 0.05) is 0 Å². The Hall–Kier alpha value is -0.780. The molecular weight excluding hydrogens is 274 g/mol. The van der Waals surface area contributed by atoms with E-state index in [1.807, 2.05) is 6.07 Å². The van der Waals surface area contributed by atoms with Crippen LogP contribution in [-0.2, 0) is 17.9 Å². The van der Waals surface area contributed by atoms with Crippen molar-refractivity contribution in [3.8, 4) is 11.5 Å². The highest BCUT2D eigenvalue weighted by atomic mass is 79.9. The molecule has 0 spiro atoms. The van der Waals surface area contributed by atoms with Crippen molar-refractivity contribution in [3.63, 3.8) is 0 Å². The number of nitrogens with two attached hydrogens (primary N) is 1. The van der Waals surface area contributed by atoms with E-state index in [4.69, 9.17) is 20.2 Å². The number of benzene rings is 1. The molecular formula is C11H14BrNO3. The first-order chi connectivity index (χ1) is 7.77. The van der Waals surface area contributed by atoms with Gasteiger partial charge in [-0.15, -0.1) is 0 Å². The summed E-state index contributed by atoms with van der Waals surface area (Å²) in [6, 6.07) is 1.94. The zero-order valence-corrected chi connectivity index (χ0v) is 10.7. The van der Waals surface area contributed by atoms with Crippen LogP contribution < -0.4 is 15.4 Å². The second-order valence-electron chi connectivity index (χ2n) is 3.52. The molecule has 1 aromatic carbocycles. The summed E-state index contributed by atoms with van der Waals surface area (Å²) >= 11 is 3.55. The molecule has 1 aliphatic rings. The van der Waals surface area contributed by atoms with Crippen LogP contribution in [0.25, 0.3) is 0 Å². The standard InChI is InChI=1S/C11H14BrNO3/c1-2-8-7(6-16-13)5-9-11(10(8)12)15-4-3-14-9/h5H,2-4,6,13H2,1H3. The maximum atomic E-state index is 5.59. The normalized spacial score (nSPS) is 13.9. The van der Waals surface area contributed by atoms with Crippen LogP contribution in [-0.4, -0.2) is 13.2 Å². The summed E-state index contributed by atoms with van der Waals surface area (Å²) in [5.74, 6) is 6.66. The van der Waals surface area contributed by atoms with E-state index in [0.717, 1.165) is 33.5 Å². The highest BCUT2D eigenvalue weighted by Crippen LogP contribution is 2.41. The first-order valence-electron chi connectivity index (χ1n) is 5.19. The van der Waals surface area contributed by atoms with Crippen molar-refractivity contribution in [3.05, 3.63) is 21.7 Å². The molecule has 0 aliphatic carbocycles. The maximum absolute atomic E-state index is 5.59. The molecule has 0 unspecified atom stereocenters. The summed E-state index contributed by atoms with van der Waals surface area (Å²) in [5, 5.41) is 0. The molecule has 0 fully saturated rings. The van der Waals surface area contributed by atoms with Gasteiger partial charge in [0.05, 0.1) is 11.1 Å². The summed E-state index contributed by atoms with van der Waals surface area (Å²) in [5.41, 5.74) is 2.18. The van der Waals surface area contributed by atoms with E-state index in [1.165, 1.54) is 0 Å². The Labute approximate surface area is 103 Å². The second kappa shape index (κ2) is 5.03. The Morgan fingerprint density at radius 3 is 2.88 bits per heavy atom. The fraction of sp³-hybridized carbons (Fsp3) is 0.455. The largest absolute Gasteiger partial charge is 0.486 e. The third-order valence-corrected chi connectivity index (χ3v) is 3.40. The monoisotopic (exact) mass is 287 g/mol. The predicted molar refractivity (Wildman–Crippen MR) is 63.5 cm³/mol. The zero-order chi connectivity index (χ0) is 11.5. The van der Waals surface area contributed by atoms with Crippen molar-refractivity contribution >= 4 is 15.9 Å². The SMILES string of the molecule is CCc1c(CON)cc2c(c1Br)OCCO2. The first-order valence-corrected chi connectivity index (χ1v) is 5.98. The van der Waals surface area contributed by atoms with E-state index in [0.29, 0.717) is 19.8 Å². The molecule has 88 valence electrons. The van der Waals surface area contributed by atoms with E-state index >= 15 is 0 Å². The van der Waals surface area contributed by atoms with Crippen LogP contribution in [0.15, 0.2) is 10.5 Å². The number of hydrogen-bond donors (Lipinski definition) is 1. The first kappa shape index (κ1) is 11.7. The van der Waals surface area contributed by atoms with Crippen molar-refractivity contribution in [1.82, 2.24) is 0 Å². The molecule has 0 saturated heterocycles. The highest BCUT2D eigenvalue weighted by Gasteiger charge is 2.20. The molecule has 4 nitrogen and oxygen atoms in total. The molecule has 16 heavy (non-hydrogen) atoms. The molecule has 5 heteroatoms. The van der Waals surface area contributed by atoms with Crippen LogP contribution in [0.3, 0.4) is 0 Å². The Balaban J connectivity index is 2.50. The van der Waals surface area contributed by atoms with Gasteiger partial charge >= 0.3 is 0 Å². The third-order valence-electron chi connectivity index (χ3n) is 2.56. The quantitative estimate of drug-likeness (QED) is 0.866. The molecule has 1 aromatic rings. The molecule has 2 N–H and O–H groups in total. The Morgan fingerprint density at radius 1 is 1.44 bits per heavy atom. The molecule has 0 bridgehead atoms. The van der Waals surface area contributed by atoms with Crippen LogP contribution >= 0.6 is 15.9 Å². The van der Waals surface area contributed by atoms with E-state index in [2.05, 4.69) is 22.9 Å². The number of rotatable bonds is 3. The number of halogens is 1. The van der Waals surface area contributed by atoms with Gasteiger partial charge in [0.2, 0.25) is 0 Å². The van der Waals surface area contributed by atoms with Crippen LogP contribution in [0.1, 0.15) is 18.1 Å². The summed E-state index contributed by atoms with van der Waals surface area (Å²) in [6.45, 7) is 3.62. The minimum Gasteiger partial charge on any atom is -0.486 e. The van der Waals surface area contributed by atoms with Gasteiger partial charge < -0.3 is 9.47 Å². The van der Waals surface area contributed by atoms with E-state index in [9.17, 15) is 0 Å². The molecule has 1 aliphatic heterocycles. The van der Waals surface area contributed by atoms with Crippen molar-refractivity contribution in [2.24, 2.45) is 5.90 Å². The van der Waals surface area contributed by atoms with Crippen LogP contribution in [0.4, 0.5) is 0 Å². The van der Waals surface area contributed by atoms with Gasteiger partial charge in [0.1, 0.15) is 13.2 Å². The zero-order valence-electron chi connectivity index (χ0n) is 9.09. The van der Waals surface area contributed by atoms with Gasteiger partial charge in [-0.3, -0.25) is 4.84 Å². The lowest BCUT2D eigenvalue weighted by Crippen LogP contribution is -2.17. The van der Waals surface area contributed by atoms with Crippen molar-refractivity contribution in [1.29, 1.82) is 0 Å². The van der Waals surface area contributed by atoms with Gasteiger partial charge in [-0.1, -0.05) is 6.92 Å². The smallest absolute Gasteiger partial charge is 0.175 e. The van der Waals surface area contributed by atoms with Crippen molar-refractivity contribution in [2.45, 2.75) is 20.0 Å². The highest BCUT2D eigenvalue weighted by molar-refractivity contribution is 9.10. The lowest BCUT2D eigenvalue weighted by atomic mass is 10.0. The van der Waals surface area contributed by atoms with Gasteiger partial charge in [-0.2, -0.15) is 0 Å². The Kier molecular flexibility index (Phi) is 3.68. The van der Waals surface area contributed by atoms with Gasteiger partial charge in [-0.05, 0) is 39.5 Å². The molecule has 1 heterocycles. The van der Waals surface area contributed by atoms with E-state index < -0.39 is 0 Å². The third kappa shape index (κ3) is 2.03. The van der Waals surface area contributed by atoms with Gasteiger partial charge in [-0.25, -0.2) is 5.90 Å². The molecule has 0 radical (unpaired) electrons. The Morgan fingerprint density at radius 2 is 2.19 bits per heavy atom. The Bertz CT molecular complexity index is 395. The lowest BCUT2D eigenvalue weighted by molar-refractivity contribution is 0.122. The minimum atomic E-state index is 0.373. The summed E-state index contributed by atoms with van der Waals surface area (Å²) in [4.78, 5) is 4.70. The molecule has 2 rings (SSSR count). The number of ether oxygens (including phenoxy) is 2. The topological polar surface area (TPSA) is 53.7 Å². The fourth-order valence-electron chi connectivity index (χ4n) is 1.83. The van der Waals surface area contributed by atoms with Gasteiger partial charge in [0.15, 0.2) is 11.5 Å². The van der Waals surface area contributed by atoms with Crippen LogP contribution in [0.5, 0.6) is 11.5 Å². The van der Waals surface area contributed by atoms with Crippen molar-refractivity contribution < 1.29 is 14.3 Å². The fourth-order valence-corrected chi connectivity index (χ4v) is 2.68. The van der Waals surface area contributed by atoms with E-state index in [-0.39, 0.29) is 0 Å². The molecule has 0 amide bonds. The van der Waals surface area contributed by atoms with E-state index in [1.54, 1.807) is 0 Å². The molecule has 0 atom stereocenters. The summed E-state index contributed by atoms with van der Waals surface area (Å²) in [7, 11) is 0. The predicted octanol–water partition coefficient (Wildman–Crippen LogP) is 2.17. The number of fused-ring (bicyclic) bond motifs is 1. The lowest BCUT2D eigenvalue weighted by Gasteiger charge is -2.22. The van der Waals surface area contributed by atoms with Crippen LogP contribution in [0, 0.1) is 0 Å². The summed E-state index contributed by atoms with van der Waals surface area (Å²) < 4.78 is 12.1. The second-order valence-corrected chi connectivity index (χ2v) is 4.31. The minimum absolute atomic E-state index is 0.373. The average molecular weight is 288 g/mol. The summed E-state index contributed by atoms with van der Waals surface area (Å²) in [6.07, 6.45) is 0.885. The molecule has 0 saturated carbocycles. The number of hydrogen-bond acceptors (Lipinski definition) is 4. The van der Waals surface area contributed by atoms with Crippen molar-refractivity contribution in [2.75, 3.05) is 13.2 Å². The maximum Gasteiger partial charge on any atom is 0.175 e. The van der Waals surface area contributed by atoms with Crippen LogP contribution in [0.2, 0.25) is 0 Å².